The van der Waals surface area contributed by atoms with Crippen molar-refractivity contribution in [1.29, 1.82) is 0 Å². The maximum atomic E-state index is 6.08. The summed E-state index contributed by atoms with van der Waals surface area (Å²) < 4.78 is 0. The highest BCUT2D eigenvalue weighted by atomic mass is 35.5. The Labute approximate surface area is 130 Å². The fourth-order valence-electron chi connectivity index (χ4n) is 2.31. The van der Waals surface area contributed by atoms with Gasteiger partial charge in [-0.25, -0.2) is 0 Å². The average Bonchev–Trinajstić information content (AvgIpc) is 2.38. The third-order valence-electron chi connectivity index (χ3n) is 3.37. The maximum Gasteiger partial charge on any atom is 0.0662 e. The molecule has 0 saturated heterocycles. The van der Waals surface area contributed by atoms with E-state index in [9.17, 15) is 0 Å². The number of benzene rings is 2. The lowest BCUT2D eigenvalue weighted by molar-refractivity contribution is 0.680. The van der Waals surface area contributed by atoms with Crippen LogP contribution in [0.2, 0.25) is 10.0 Å². The molecule has 106 valence electrons. The molecule has 0 heterocycles. The minimum atomic E-state index is 0.0352. The van der Waals surface area contributed by atoms with E-state index < -0.39 is 0 Å². The molecular weight excluding hydrogens is 291 g/mol. The van der Waals surface area contributed by atoms with E-state index in [0.29, 0.717) is 16.6 Å². The minimum absolute atomic E-state index is 0.0352. The van der Waals surface area contributed by atoms with Crippen LogP contribution in [0.25, 0.3) is 0 Å². The molecule has 0 fully saturated rings. The molecular formula is C16H18Cl2N2. The van der Waals surface area contributed by atoms with E-state index in [-0.39, 0.29) is 6.04 Å². The van der Waals surface area contributed by atoms with Crippen LogP contribution in [0.4, 0.5) is 5.69 Å². The van der Waals surface area contributed by atoms with Crippen LogP contribution >= 0.6 is 23.2 Å². The summed E-state index contributed by atoms with van der Waals surface area (Å²) in [5, 5.41) is 1.26. The largest absolute Gasteiger partial charge is 0.366 e. The zero-order valence-corrected chi connectivity index (χ0v) is 13.1. The van der Waals surface area contributed by atoms with E-state index in [1.807, 2.05) is 25.2 Å². The van der Waals surface area contributed by atoms with Crippen molar-refractivity contribution in [1.82, 2.24) is 0 Å². The van der Waals surface area contributed by atoms with Gasteiger partial charge in [0.1, 0.15) is 0 Å². The van der Waals surface area contributed by atoms with Crippen LogP contribution in [0.15, 0.2) is 42.5 Å². The van der Waals surface area contributed by atoms with E-state index in [0.717, 1.165) is 11.3 Å². The van der Waals surface area contributed by atoms with Gasteiger partial charge in [-0.15, -0.1) is 0 Å². The summed E-state index contributed by atoms with van der Waals surface area (Å²) in [6.45, 7) is 2.56. The maximum absolute atomic E-state index is 6.08. The Morgan fingerprint density at radius 2 is 1.75 bits per heavy atom. The molecule has 2 aromatic rings. The van der Waals surface area contributed by atoms with Gasteiger partial charge < -0.3 is 10.6 Å². The molecule has 2 nitrogen and oxygen atoms in total. The molecule has 0 radical (unpaired) electrons. The van der Waals surface area contributed by atoms with Gasteiger partial charge in [0.25, 0.3) is 0 Å². The first kappa shape index (κ1) is 15.2. The highest BCUT2D eigenvalue weighted by molar-refractivity contribution is 6.34. The van der Waals surface area contributed by atoms with Crippen LogP contribution in [0.1, 0.15) is 17.2 Å². The van der Waals surface area contributed by atoms with Gasteiger partial charge in [-0.1, -0.05) is 35.3 Å². The lowest BCUT2D eigenvalue weighted by atomic mass is 10.0. The number of nitrogens with zero attached hydrogens (tertiary/aromatic N) is 1. The monoisotopic (exact) mass is 308 g/mol. The number of hydrogen-bond acceptors (Lipinski definition) is 2. The smallest absolute Gasteiger partial charge is 0.0662 e. The lowest BCUT2D eigenvalue weighted by Crippen LogP contribution is -2.30. The van der Waals surface area contributed by atoms with Crippen molar-refractivity contribution in [3.8, 4) is 0 Å². The van der Waals surface area contributed by atoms with Crippen LogP contribution in [0.5, 0.6) is 0 Å². The van der Waals surface area contributed by atoms with Gasteiger partial charge >= 0.3 is 0 Å². The molecule has 0 spiro atoms. The Morgan fingerprint density at radius 3 is 2.30 bits per heavy atom. The molecule has 0 saturated carbocycles. The Kier molecular flexibility index (Phi) is 4.92. The van der Waals surface area contributed by atoms with Crippen LogP contribution < -0.4 is 10.6 Å². The van der Waals surface area contributed by atoms with Gasteiger partial charge in [0.05, 0.1) is 6.04 Å². The van der Waals surface area contributed by atoms with Gasteiger partial charge in [-0.3, -0.25) is 0 Å². The molecule has 0 amide bonds. The Balaban J connectivity index is 2.36. The van der Waals surface area contributed by atoms with E-state index in [2.05, 4.69) is 30.0 Å². The summed E-state index contributed by atoms with van der Waals surface area (Å²) in [7, 11) is 2.03. The van der Waals surface area contributed by atoms with E-state index in [1.165, 1.54) is 5.56 Å². The van der Waals surface area contributed by atoms with Gasteiger partial charge in [0.15, 0.2) is 0 Å². The van der Waals surface area contributed by atoms with E-state index >= 15 is 0 Å². The number of halogens is 2. The van der Waals surface area contributed by atoms with Crippen molar-refractivity contribution < 1.29 is 0 Å². The lowest BCUT2D eigenvalue weighted by Gasteiger charge is -2.30. The topological polar surface area (TPSA) is 29.3 Å². The van der Waals surface area contributed by atoms with Crippen molar-refractivity contribution in [3.05, 3.63) is 63.6 Å². The predicted molar refractivity (Wildman–Crippen MR) is 87.8 cm³/mol. The summed E-state index contributed by atoms with van der Waals surface area (Å²) in [5.41, 5.74) is 9.31. The summed E-state index contributed by atoms with van der Waals surface area (Å²) >= 11 is 12.2. The highest BCUT2D eigenvalue weighted by Crippen LogP contribution is 2.29. The van der Waals surface area contributed by atoms with E-state index in [1.54, 1.807) is 6.07 Å². The first-order valence-corrected chi connectivity index (χ1v) is 7.22. The number of anilines is 1. The highest BCUT2D eigenvalue weighted by Gasteiger charge is 2.17. The molecule has 0 bridgehead atoms. The first-order chi connectivity index (χ1) is 9.51. The third kappa shape index (κ3) is 3.45. The normalized spacial score (nSPS) is 12.2. The number of rotatable bonds is 4. The van der Waals surface area contributed by atoms with Crippen molar-refractivity contribution in [2.75, 3.05) is 18.5 Å². The SMILES string of the molecule is Cc1cccc(N(C)C(CN)c2cc(Cl)cc(Cl)c2)c1. The Hall–Kier alpha value is -1.22. The summed E-state index contributed by atoms with van der Waals surface area (Å²) in [4.78, 5) is 2.15. The molecule has 0 aromatic heterocycles. The average molecular weight is 309 g/mol. The summed E-state index contributed by atoms with van der Waals surface area (Å²) in [5.74, 6) is 0. The van der Waals surface area contributed by atoms with Gasteiger partial charge in [0.2, 0.25) is 0 Å². The molecule has 2 rings (SSSR count). The standard InChI is InChI=1S/C16H18Cl2N2/c1-11-4-3-5-15(6-11)20(2)16(10-19)12-7-13(17)9-14(18)8-12/h3-9,16H,10,19H2,1-2H3. The molecule has 2 N–H and O–H groups in total. The predicted octanol–water partition coefficient (Wildman–Crippen LogP) is 4.44. The van der Waals surface area contributed by atoms with Crippen LogP contribution in [0.3, 0.4) is 0 Å². The molecule has 1 atom stereocenters. The summed E-state index contributed by atoms with van der Waals surface area (Å²) in [6, 6.07) is 13.9. The van der Waals surface area contributed by atoms with E-state index in [4.69, 9.17) is 28.9 Å². The van der Waals surface area contributed by atoms with Gasteiger partial charge in [-0.2, -0.15) is 0 Å². The molecule has 4 heteroatoms. The second-order valence-corrected chi connectivity index (χ2v) is 5.78. The molecule has 0 aliphatic rings. The van der Waals surface area contributed by atoms with Crippen molar-refractivity contribution >= 4 is 28.9 Å². The Morgan fingerprint density at radius 1 is 1.10 bits per heavy atom. The zero-order chi connectivity index (χ0) is 14.7. The van der Waals surface area contributed by atoms with Crippen LogP contribution in [-0.4, -0.2) is 13.6 Å². The first-order valence-electron chi connectivity index (χ1n) is 6.47. The minimum Gasteiger partial charge on any atom is -0.366 e. The molecule has 0 aliphatic carbocycles. The second kappa shape index (κ2) is 6.49. The number of likely N-dealkylation sites (N-methyl/N-ethyl adjacent to an activating group) is 1. The van der Waals surface area contributed by atoms with Crippen molar-refractivity contribution in [3.63, 3.8) is 0 Å². The van der Waals surface area contributed by atoms with Crippen LogP contribution in [-0.2, 0) is 0 Å². The van der Waals surface area contributed by atoms with Crippen LogP contribution in [0, 0.1) is 6.92 Å². The summed E-state index contributed by atoms with van der Waals surface area (Å²) in [6.07, 6.45) is 0. The number of nitrogens with two attached hydrogens (primary N) is 1. The van der Waals surface area contributed by atoms with Gasteiger partial charge in [0, 0.05) is 29.3 Å². The fourth-order valence-corrected chi connectivity index (χ4v) is 2.86. The number of hydrogen-bond donors (Lipinski definition) is 1. The molecule has 0 aliphatic heterocycles. The Bertz CT molecular complexity index is 579. The van der Waals surface area contributed by atoms with Crippen molar-refractivity contribution in [2.24, 2.45) is 5.73 Å². The fraction of sp³-hybridized carbons (Fsp3) is 0.250. The number of aryl methyl sites for hydroxylation is 1. The van der Waals surface area contributed by atoms with Gasteiger partial charge in [-0.05, 0) is 48.4 Å². The molecule has 1 unspecified atom stereocenters. The second-order valence-electron chi connectivity index (χ2n) is 4.90. The third-order valence-corrected chi connectivity index (χ3v) is 3.81. The molecule has 2 aromatic carbocycles. The zero-order valence-electron chi connectivity index (χ0n) is 11.6. The quantitative estimate of drug-likeness (QED) is 0.905. The molecule has 20 heavy (non-hydrogen) atoms. The van der Waals surface area contributed by atoms with Crippen molar-refractivity contribution in [2.45, 2.75) is 13.0 Å².